The summed E-state index contributed by atoms with van der Waals surface area (Å²) in [7, 11) is 0. The fourth-order valence-corrected chi connectivity index (χ4v) is 0.302. The molecule has 0 aromatic heterocycles. The Hall–Kier alpha value is -1.22. The van der Waals surface area contributed by atoms with Crippen molar-refractivity contribution in [3.8, 4) is 12.3 Å². The summed E-state index contributed by atoms with van der Waals surface area (Å²) in [4.78, 5) is 0. The molecule has 0 rings (SSSR count). The van der Waals surface area contributed by atoms with Crippen LogP contribution in [0.25, 0.3) is 0 Å². The highest BCUT2D eigenvalue weighted by Gasteiger charge is 1.74. The van der Waals surface area contributed by atoms with E-state index in [4.69, 9.17) is 6.42 Å². The van der Waals surface area contributed by atoms with Crippen molar-refractivity contribution in [2.75, 3.05) is 0 Å². The van der Waals surface area contributed by atoms with Gasteiger partial charge in [0.1, 0.15) is 0 Å². The summed E-state index contributed by atoms with van der Waals surface area (Å²) < 4.78 is 0. The van der Waals surface area contributed by atoms with E-state index in [0.717, 1.165) is 5.57 Å². The Bertz CT molecular complexity index is 153. The first-order chi connectivity index (χ1) is 3.85. The molecule has 0 spiro atoms. The maximum Gasteiger partial charge on any atom is 0.0236 e. The summed E-state index contributed by atoms with van der Waals surface area (Å²) in [5, 5.41) is 0. The van der Waals surface area contributed by atoms with Crippen LogP contribution in [0.15, 0.2) is 37.0 Å². The van der Waals surface area contributed by atoms with Crippen molar-refractivity contribution in [2.45, 2.75) is 0 Å². The molecule has 0 atom stereocenters. The second-order valence-corrected chi connectivity index (χ2v) is 1.21. The molecule has 0 radical (unpaired) electrons. The van der Waals surface area contributed by atoms with Crippen molar-refractivity contribution >= 4 is 0 Å². The number of hydrogen-bond acceptors (Lipinski definition) is 0. The normalized spacial score (nSPS) is 9.62. The molecule has 0 aliphatic heterocycles. The van der Waals surface area contributed by atoms with Gasteiger partial charge in [0, 0.05) is 5.57 Å². The lowest BCUT2D eigenvalue weighted by atomic mass is 10.2. The van der Waals surface area contributed by atoms with Gasteiger partial charge in [0.25, 0.3) is 0 Å². The van der Waals surface area contributed by atoms with Gasteiger partial charge in [-0.2, -0.15) is 0 Å². The average Bonchev–Trinajstić information content (AvgIpc) is 1.83. The Morgan fingerprint density at radius 3 is 2.25 bits per heavy atom. The van der Waals surface area contributed by atoms with Crippen LogP contribution in [0.4, 0.5) is 0 Å². The highest BCUT2D eigenvalue weighted by molar-refractivity contribution is 5.36. The van der Waals surface area contributed by atoms with Crippen LogP contribution >= 0.6 is 0 Å². The second kappa shape index (κ2) is 3.95. The molecular formula is C8H8. The predicted molar refractivity (Wildman–Crippen MR) is 37.3 cm³/mol. The van der Waals surface area contributed by atoms with Gasteiger partial charge in [-0.25, -0.2) is 0 Å². The van der Waals surface area contributed by atoms with Crippen LogP contribution < -0.4 is 0 Å². The Labute approximate surface area is 50.2 Å². The largest absolute Gasteiger partial charge is 0.115 e. The van der Waals surface area contributed by atoms with Gasteiger partial charge in [0.05, 0.1) is 0 Å². The van der Waals surface area contributed by atoms with Crippen LogP contribution in [0.2, 0.25) is 0 Å². The Kier molecular flexibility index (Phi) is 3.35. The molecule has 0 aromatic carbocycles. The zero-order valence-electron chi connectivity index (χ0n) is 4.72. The van der Waals surface area contributed by atoms with Crippen molar-refractivity contribution in [3.05, 3.63) is 37.0 Å². The van der Waals surface area contributed by atoms with Crippen molar-refractivity contribution < 1.29 is 0 Å². The number of hydrogen-bond donors (Lipinski definition) is 0. The topological polar surface area (TPSA) is 0 Å². The number of allylic oxidation sites excluding steroid dienone is 4. The zero-order chi connectivity index (χ0) is 6.41. The fraction of sp³-hybridized carbons (Fsp3) is 0. The first kappa shape index (κ1) is 6.78. The summed E-state index contributed by atoms with van der Waals surface area (Å²) in [5.41, 5.74) is 0.764. The third-order valence-corrected chi connectivity index (χ3v) is 0.684. The van der Waals surface area contributed by atoms with E-state index >= 15 is 0 Å². The van der Waals surface area contributed by atoms with E-state index in [1.54, 1.807) is 18.2 Å². The highest BCUT2D eigenvalue weighted by Crippen LogP contribution is 1.90. The van der Waals surface area contributed by atoms with Gasteiger partial charge in [-0.3, -0.25) is 0 Å². The molecule has 0 bridgehead atoms. The van der Waals surface area contributed by atoms with Gasteiger partial charge in [0.15, 0.2) is 0 Å². The summed E-state index contributed by atoms with van der Waals surface area (Å²) in [6.45, 7) is 6.97. The molecule has 0 fully saturated rings. The quantitative estimate of drug-likeness (QED) is 0.371. The minimum Gasteiger partial charge on any atom is -0.115 e. The summed E-state index contributed by atoms with van der Waals surface area (Å²) in [5.74, 6) is 2.42. The maximum absolute atomic E-state index is 5.03. The predicted octanol–water partition coefficient (Wildman–Crippen LogP) is 1.92. The standard InChI is InChI=1S/C8H8/c1-4-7-8(5-2)6-3/h2,4,6-7H,1,3H2. The van der Waals surface area contributed by atoms with E-state index < -0.39 is 0 Å². The molecule has 0 N–H and O–H groups in total. The smallest absolute Gasteiger partial charge is 0.0236 e. The highest BCUT2D eigenvalue weighted by atomic mass is 13.8. The Morgan fingerprint density at radius 2 is 2.12 bits per heavy atom. The van der Waals surface area contributed by atoms with E-state index in [0.29, 0.717) is 0 Å². The van der Waals surface area contributed by atoms with Crippen LogP contribution in [0, 0.1) is 12.3 Å². The van der Waals surface area contributed by atoms with Crippen molar-refractivity contribution in [2.24, 2.45) is 0 Å². The molecule has 0 aliphatic rings. The van der Waals surface area contributed by atoms with Crippen LogP contribution in [0.1, 0.15) is 0 Å². The second-order valence-electron chi connectivity index (χ2n) is 1.21. The molecule has 0 saturated carbocycles. The van der Waals surface area contributed by atoms with Crippen molar-refractivity contribution in [1.29, 1.82) is 0 Å². The van der Waals surface area contributed by atoms with E-state index in [1.807, 2.05) is 0 Å². The first-order valence-electron chi connectivity index (χ1n) is 2.27. The van der Waals surface area contributed by atoms with E-state index in [2.05, 4.69) is 19.1 Å². The molecular weight excluding hydrogens is 96.1 g/mol. The molecule has 0 saturated heterocycles. The van der Waals surface area contributed by atoms with E-state index in [1.165, 1.54) is 0 Å². The molecule has 0 aliphatic carbocycles. The Morgan fingerprint density at radius 1 is 1.50 bits per heavy atom. The van der Waals surface area contributed by atoms with E-state index in [9.17, 15) is 0 Å². The lowest BCUT2D eigenvalue weighted by Gasteiger charge is -1.80. The molecule has 0 heterocycles. The van der Waals surface area contributed by atoms with Crippen LogP contribution in [-0.2, 0) is 0 Å². The van der Waals surface area contributed by atoms with E-state index in [-0.39, 0.29) is 0 Å². The SMILES string of the molecule is C#CC(C=C)=CC=C. The molecule has 0 unspecified atom stereocenters. The molecule has 0 heteroatoms. The van der Waals surface area contributed by atoms with Gasteiger partial charge in [-0.05, 0) is 6.08 Å². The van der Waals surface area contributed by atoms with Crippen molar-refractivity contribution in [1.82, 2.24) is 0 Å². The molecule has 8 heavy (non-hydrogen) atoms. The van der Waals surface area contributed by atoms with Gasteiger partial charge >= 0.3 is 0 Å². The zero-order valence-corrected chi connectivity index (χ0v) is 4.72. The minimum atomic E-state index is 0.764. The first-order valence-corrected chi connectivity index (χ1v) is 2.27. The minimum absolute atomic E-state index is 0.764. The maximum atomic E-state index is 5.03. The Balaban J connectivity index is 4.12. The summed E-state index contributed by atoms with van der Waals surface area (Å²) in [6, 6.07) is 0. The lowest BCUT2D eigenvalue weighted by Crippen LogP contribution is -1.64. The van der Waals surface area contributed by atoms with Gasteiger partial charge in [0.2, 0.25) is 0 Å². The molecule has 0 nitrogen and oxygen atoms in total. The average molecular weight is 104 g/mol. The van der Waals surface area contributed by atoms with Crippen LogP contribution in [0.3, 0.4) is 0 Å². The molecule has 0 amide bonds. The van der Waals surface area contributed by atoms with Gasteiger partial charge in [-0.15, -0.1) is 6.42 Å². The van der Waals surface area contributed by atoms with Gasteiger partial charge in [-0.1, -0.05) is 31.2 Å². The molecule has 0 aromatic rings. The lowest BCUT2D eigenvalue weighted by molar-refractivity contribution is 1.80. The summed E-state index contributed by atoms with van der Waals surface area (Å²) >= 11 is 0. The fourth-order valence-electron chi connectivity index (χ4n) is 0.302. The number of terminal acetylenes is 1. The third-order valence-electron chi connectivity index (χ3n) is 0.684. The summed E-state index contributed by atoms with van der Waals surface area (Å²) in [6.07, 6.45) is 10.0. The van der Waals surface area contributed by atoms with Crippen molar-refractivity contribution in [3.63, 3.8) is 0 Å². The van der Waals surface area contributed by atoms with Crippen LogP contribution in [-0.4, -0.2) is 0 Å². The third kappa shape index (κ3) is 2.04. The van der Waals surface area contributed by atoms with Gasteiger partial charge < -0.3 is 0 Å². The van der Waals surface area contributed by atoms with Crippen LogP contribution in [0.5, 0.6) is 0 Å². The number of rotatable bonds is 2. The molecule has 40 valence electrons. The monoisotopic (exact) mass is 104 g/mol.